The summed E-state index contributed by atoms with van der Waals surface area (Å²) < 4.78 is 18.0. The second kappa shape index (κ2) is 12.4. The SMILES string of the molecule is CC(CC(C)(C)C)OC(=O)OC(C)n1c(=O)oc2c(N3CCN(Cc4cccc(-c5ccccc5)c4)CC3)cccc21. The molecule has 2 heterocycles. The van der Waals surface area contributed by atoms with Crippen LogP contribution in [0.15, 0.2) is 82.0 Å². The number of ether oxygens (including phenoxy) is 2. The Kier molecular flexibility index (Phi) is 8.73. The van der Waals surface area contributed by atoms with Gasteiger partial charge in [0.05, 0.1) is 11.2 Å². The molecule has 2 unspecified atom stereocenters. The van der Waals surface area contributed by atoms with Gasteiger partial charge in [0.15, 0.2) is 11.8 Å². The molecule has 0 radical (unpaired) electrons. The number of rotatable bonds is 8. The monoisotopic (exact) mass is 571 g/mol. The van der Waals surface area contributed by atoms with Crippen molar-refractivity contribution in [3.8, 4) is 11.1 Å². The number of para-hydroxylation sites is 1. The van der Waals surface area contributed by atoms with Gasteiger partial charge in [-0.1, -0.05) is 75.4 Å². The molecule has 0 aliphatic carbocycles. The zero-order valence-electron chi connectivity index (χ0n) is 25.2. The van der Waals surface area contributed by atoms with E-state index in [1.165, 1.54) is 21.3 Å². The Balaban J connectivity index is 1.23. The zero-order chi connectivity index (χ0) is 29.9. The van der Waals surface area contributed by atoms with Crippen LogP contribution in [0.5, 0.6) is 0 Å². The van der Waals surface area contributed by atoms with Crippen molar-refractivity contribution in [1.82, 2.24) is 9.47 Å². The summed E-state index contributed by atoms with van der Waals surface area (Å²) in [5, 5.41) is 0. The van der Waals surface area contributed by atoms with Crippen LogP contribution in [0.25, 0.3) is 22.2 Å². The van der Waals surface area contributed by atoms with E-state index >= 15 is 0 Å². The first kappa shape index (κ1) is 29.5. The Bertz CT molecular complexity index is 1560. The molecule has 1 aromatic heterocycles. The number of fused-ring (bicyclic) bond motifs is 1. The van der Waals surface area contributed by atoms with Crippen LogP contribution in [0.3, 0.4) is 0 Å². The third-order valence-corrected chi connectivity index (χ3v) is 7.60. The third kappa shape index (κ3) is 7.05. The van der Waals surface area contributed by atoms with E-state index in [9.17, 15) is 9.59 Å². The first-order chi connectivity index (χ1) is 20.1. The van der Waals surface area contributed by atoms with Crippen molar-refractivity contribution < 1.29 is 18.7 Å². The van der Waals surface area contributed by atoms with E-state index in [2.05, 4.69) is 79.1 Å². The van der Waals surface area contributed by atoms with Crippen LogP contribution in [0.1, 0.15) is 52.8 Å². The largest absolute Gasteiger partial charge is 0.510 e. The average Bonchev–Trinajstić information content (AvgIpc) is 3.29. The molecule has 8 heteroatoms. The molecule has 42 heavy (non-hydrogen) atoms. The molecule has 0 N–H and O–H groups in total. The van der Waals surface area contributed by atoms with E-state index in [0.717, 1.165) is 38.4 Å². The molecule has 0 amide bonds. The van der Waals surface area contributed by atoms with Gasteiger partial charge in [0.2, 0.25) is 0 Å². The Morgan fingerprint density at radius 3 is 2.29 bits per heavy atom. The van der Waals surface area contributed by atoms with Crippen molar-refractivity contribution in [2.75, 3.05) is 31.1 Å². The number of hydrogen-bond donors (Lipinski definition) is 0. The molecule has 1 aliphatic heterocycles. The summed E-state index contributed by atoms with van der Waals surface area (Å²) in [6.07, 6.45) is -1.30. The maximum Gasteiger partial charge on any atom is 0.510 e. The van der Waals surface area contributed by atoms with Gasteiger partial charge in [-0.3, -0.25) is 4.90 Å². The van der Waals surface area contributed by atoms with Crippen LogP contribution in [-0.4, -0.2) is 47.9 Å². The van der Waals surface area contributed by atoms with Crippen LogP contribution >= 0.6 is 0 Å². The van der Waals surface area contributed by atoms with Gasteiger partial charge >= 0.3 is 11.9 Å². The van der Waals surface area contributed by atoms with Crippen LogP contribution in [0.4, 0.5) is 10.5 Å². The fourth-order valence-corrected chi connectivity index (χ4v) is 5.81. The van der Waals surface area contributed by atoms with Gasteiger partial charge in [0, 0.05) is 32.7 Å². The van der Waals surface area contributed by atoms with E-state index in [1.54, 1.807) is 6.92 Å². The van der Waals surface area contributed by atoms with Gasteiger partial charge < -0.3 is 18.8 Å². The van der Waals surface area contributed by atoms with Crippen LogP contribution in [-0.2, 0) is 16.0 Å². The molecule has 5 rings (SSSR count). The molecule has 0 spiro atoms. The van der Waals surface area contributed by atoms with E-state index in [-0.39, 0.29) is 11.5 Å². The van der Waals surface area contributed by atoms with Gasteiger partial charge in [-0.05, 0) is 60.6 Å². The Hall–Kier alpha value is -4.04. The number of aromatic nitrogens is 1. The molecule has 3 aromatic carbocycles. The Morgan fingerprint density at radius 1 is 0.881 bits per heavy atom. The van der Waals surface area contributed by atoms with Crippen LogP contribution < -0.4 is 10.7 Å². The lowest BCUT2D eigenvalue weighted by Crippen LogP contribution is -2.46. The molecule has 0 saturated carbocycles. The normalized spacial score (nSPS) is 15.9. The minimum atomic E-state index is -0.883. The number of piperazine rings is 1. The summed E-state index contributed by atoms with van der Waals surface area (Å²) in [5.41, 5.74) is 5.69. The van der Waals surface area contributed by atoms with Crippen LogP contribution in [0, 0.1) is 5.41 Å². The summed E-state index contributed by atoms with van der Waals surface area (Å²) in [5.74, 6) is -0.572. The molecular weight excluding hydrogens is 530 g/mol. The van der Waals surface area contributed by atoms with Crippen molar-refractivity contribution in [2.45, 2.75) is 59.9 Å². The van der Waals surface area contributed by atoms with Gasteiger partial charge in [0.25, 0.3) is 0 Å². The number of nitrogens with zero attached hydrogens (tertiary/aromatic N) is 3. The number of carbonyl (C=O) groups is 1. The smallest absolute Gasteiger partial charge is 0.431 e. The maximum absolute atomic E-state index is 12.9. The standard InChI is InChI=1S/C34H41N3O5/c1-24(22-34(3,4)5)40-33(39)41-25(2)37-30-16-10-15-29(31(30)42-32(37)38)36-19-17-35(18-20-36)23-26-11-9-14-28(21-26)27-12-7-6-8-13-27/h6-16,21,24-25H,17-20,22-23H2,1-5H3. The number of benzene rings is 3. The van der Waals surface area contributed by atoms with E-state index in [0.29, 0.717) is 17.5 Å². The zero-order valence-corrected chi connectivity index (χ0v) is 25.2. The van der Waals surface area contributed by atoms with Crippen LogP contribution in [0.2, 0.25) is 0 Å². The first-order valence-corrected chi connectivity index (χ1v) is 14.7. The molecule has 1 aliphatic rings. The predicted octanol–water partition coefficient (Wildman–Crippen LogP) is 7.08. The number of hydrogen-bond acceptors (Lipinski definition) is 7. The summed E-state index contributed by atoms with van der Waals surface area (Å²) >= 11 is 0. The van der Waals surface area contributed by atoms with Crippen molar-refractivity contribution in [3.05, 3.63) is 88.9 Å². The molecule has 4 aromatic rings. The number of anilines is 1. The topological polar surface area (TPSA) is 77.1 Å². The van der Waals surface area contributed by atoms with Gasteiger partial charge in [-0.15, -0.1) is 0 Å². The van der Waals surface area contributed by atoms with E-state index < -0.39 is 18.1 Å². The predicted molar refractivity (Wildman–Crippen MR) is 166 cm³/mol. The van der Waals surface area contributed by atoms with Crippen molar-refractivity contribution >= 4 is 22.9 Å². The molecule has 8 nitrogen and oxygen atoms in total. The van der Waals surface area contributed by atoms with Gasteiger partial charge in [-0.2, -0.15) is 0 Å². The van der Waals surface area contributed by atoms with Gasteiger partial charge in [0.1, 0.15) is 6.10 Å². The molecule has 222 valence electrons. The van der Waals surface area contributed by atoms with E-state index in [4.69, 9.17) is 13.9 Å². The fraction of sp³-hybridized carbons (Fsp3) is 0.412. The van der Waals surface area contributed by atoms with Gasteiger partial charge in [-0.25, -0.2) is 14.2 Å². The first-order valence-electron chi connectivity index (χ1n) is 14.7. The highest BCUT2D eigenvalue weighted by atomic mass is 16.7. The highest BCUT2D eigenvalue weighted by Gasteiger charge is 2.26. The summed E-state index contributed by atoms with van der Waals surface area (Å²) in [6, 6.07) is 24.9. The molecule has 0 bridgehead atoms. The number of carbonyl (C=O) groups excluding carboxylic acids is 1. The lowest BCUT2D eigenvalue weighted by atomic mass is 9.90. The molecular formula is C34H41N3O5. The lowest BCUT2D eigenvalue weighted by Gasteiger charge is -2.36. The van der Waals surface area contributed by atoms with Crippen molar-refractivity contribution in [3.63, 3.8) is 0 Å². The Morgan fingerprint density at radius 2 is 1.57 bits per heavy atom. The minimum absolute atomic E-state index is 0.0122. The second-order valence-electron chi connectivity index (χ2n) is 12.4. The van der Waals surface area contributed by atoms with Crippen molar-refractivity contribution in [2.24, 2.45) is 5.41 Å². The molecule has 1 fully saturated rings. The Labute approximate surface area is 247 Å². The minimum Gasteiger partial charge on any atom is -0.431 e. The quantitative estimate of drug-likeness (QED) is 0.209. The fourth-order valence-electron chi connectivity index (χ4n) is 5.81. The summed E-state index contributed by atoms with van der Waals surface area (Å²) in [4.78, 5) is 30.1. The highest BCUT2D eigenvalue weighted by molar-refractivity contribution is 5.87. The molecule has 1 saturated heterocycles. The average molecular weight is 572 g/mol. The van der Waals surface area contributed by atoms with E-state index in [1.807, 2.05) is 31.2 Å². The molecule has 2 atom stereocenters. The second-order valence-corrected chi connectivity index (χ2v) is 12.4. The lowest BCUT2D eigenvalue weighted by molar-refractivity contribution is -0.0214. The number of oxazole rings is 1. The van der Waals surface area contributed by atoms with Crippen molar-refractivity contribution in [1.29, 1.82) is 0 Å². The summed E-state index contributed by atoms with van der Waals surface area (Å²) in [7, 11) is 0. The summed E-state index contributed by atoms with van der Waals surface area (Å²) in [6.45, 7) is 14.0. The third-order valence-electron chi connectivity index (χ3n) is 7.60. The highest BCUT2D eigenvalue weighted by Crippen LogP contribution is 2.30. The maximum atomic E-state index is 12.9.